The minimum atomic E-state index is 0.210. The third-order valence-electron chi connectivity index (χ3n) is 3.54. The summed E-state index contributed by atoms with van der Waals surface area (Å²) in [6.07, 6.45) is 3.06. The summed E-state index contributed by atoms with van der Waals surface area (Å²) >= 11 is 0. The first-order valence-corrected chi connectivity index (χ1v) is 6.67. The van der Waals surface area contributed by atoms with Gasteiger partial charge in [-0.3, -0.25) is 4.79 Å². The zero-order valence-electron chi connectivity index (χ0n) is 11.7. The first-order valence-electron chi connectivity index (χ1n) is 6.67. The molecule has 2 rings (SSSR count). The van der Waals surface area contributed by atoms with Gasteiger partial charge in [-0.15, -0.1) is 0 Å². The maximum Gasteiger partial charge on any atom is 0.192 e. The monoisotopic (exact) mass is 243 g/mol. The fraction of sp³-hybridized carbons (Fsp3) is 0.438. The van der Waals surface area contributed by atoms with Crippen LogP contribution in [0.1, 0.15) is 42.1 Å². The van der Waals surface area contributed by atoms with Crippen LogP contribution in [0.5, 0.6) is 0 Å². The van der Waals surface area contributed by atoms with Gasteiger partial charge < -0.3 is 4.98 Å². The van der Waals surface area contributed by atoms with Gasteiger partial charge in [-0.2, -0.15) is 0 Å². The Morgan fingerprint density at radius 3 is 2.56 bits per heavy atom. The summed E-state index contributed by atoms with van der Waals surface area (Å²) < 4.78 is 0. The van der Waals surface area contributed by atoms with Crippen molar-refractivity contribution in [2.75, 3.05) is 0 Å². The Morgan fingerprint density at radius 2 is 1.89 bits per heavy atom. The molecule has 0 aliphatic rings. The van der Waals surface area contributed by atoms with Crippen LogP contribution in [0, 0.1) is 20.8 Å². The van der Waals surface area contributed by atoms with E-state index < -0.39 is 0 Å². The third-order valence-corrected chi connectivity index (χ3v) is 3.54. The molecule has 0 saturated heterocycles. The van der Waals surface area contributed by atoms with Crippen molar-refractivity contribution in [1.82, 2.24) is 4.98 Å². The largest absolute Gasteiger partial charge is 0.358 e. The Labute approximate surface area is 108 Å². The first-order chi connectivity index (χ1) is 8.54. The number of H-pyrrole nitrogens is 1. The highest BCUT2D eigenvalue weighted by atomic mass is 16.1. The molecule has 18 heavy (non-hydrogen) atoms. The van der Waals surface area contributed by atoms with Crippen molar-refractivity contribution in [2.24, 2.45) is 0 Å². The highest BCUT2D eigenvalue weighted by Crippen LogP contribution is 2.18. The smallest absolute Gasteiger partial charge is 0.192 e. The molecule has 0 fully saturated rings. The number of fused-ring (bicyclic) bond motifs is 1. The lowest BCUT2D eigenvalue weighted by molar-refractivity contribution is 0.784. The van der Waals surface area contributed by atoms with Gasteiger partial charge in [0, 0.05) is 16.6 Å². The molecule has 0 radical (unpaired) electrons. The highest BCUT2D eigenvalue weighted by molar-refractivity contribution is 5.83. The molecule has 96 valence electrons. The van der Waals surface area contributed by atoms with Crippen LogP contribution >= 0.6 is 0 Å². The summed E-state index contributed by atoms with van der Waals surface area (Å²) in [5.74, 6) is 0. The summed E-state index contributed by atoms with van der Waals surface area (Å²) in [5, 5.41) is 0.837. The molecule has 1 aromatic heterocycles. The van der Waals surface area contributed by atoms with Crippen LogP contribution in [0.4, 0.5) is 0 Å². The summed E-state index contributed by atoms with van der Waals surface area (Å²) in [5.41, 5.74) is 5.47. The average molecular weight is 243 g/mol. The van der Waals surface area contributed by atoms with Gasteiger partial charge in [0.2, 0.25) is 0 Å². The number of nitrogens with one attached hydrogen (secondary N) is 1. The molecule has 2 aromatic rings. The number of unbranched alkanes of at least 4 members (excludes halogenated alkanes) is 1. The fourth-order valence-electron chi connectivity index (χ4n) is 2.56. The van der Waals surface area contributed by atoms with Gasteiger partial charge in [-0.1, -0.05) is 19.4 Å². The lowest BCUT2D eigenvalue weighted by Gasteiger charge is -2.10. The molecule has 1 aromatic carbocycles. The Balaban J connectivity index is 2.73. The van der Waals surface area contributed by atoms with Crippen molar-refractivity contribution >= 4 is 10.9 Å². The SMILES string of the molecule is CCCCc1c(C)[nH]c2c(C)cc(C)cc2c1=O. The third kappa shape index (κ3) is 2.20. The molecule has 1 heterocycles. The van der Waals surface area contributed by atoms with E-state index in [4.69, 9.17) is 0 Å². The van der Waals surface area contributed by atoms with E-state index in [1.54, 1.807) is 0 Å². The molecular formula is C16H21NO. The van der Waals surface area contributed by atoms with Crippen molar-refractivity contribution in [1.29, 1.82) is 0 Å². The average Bonchev–Trinajstić information content (AvgIpc) is 2.31. The standard InChI is InChI=1S/C16H21NO/c1-5-6-7-13-12(4)17-15-11(3)8-10(2)9-14(15)16(13)18/h8-9H,5-7H2,1-4H3,(H,17,18). The number of hydrogen-bond acceptors (Lipinski definition) is 1. The van der Waals surface area contributed by atoms with Gasteiger partial charge >= 0.3 is 0 Å². The molecule has 2 heteroatoms. The van der Waals surface area contributed by atoms with E-state index in [0.29, 0.717) is 0 Å². The molecule has 0 aliphatic carbocycles. The fourth-order valence-corrected chi connectivity index (χ4v) is 2.56. The maximum atomic E-state index is 12.5. The quantitative estimate of drug-likeness (QED) is 0.874. The number of benzene rings is 1. The van der Waals surface area contributed by atoms with Gasteiger partial charge in [0.1, 0.15) is 0 Å². The number of rotatable bonds is 3. The van der Waals surface area contributed by atoms with E-state index in [1.807, 2.05) is 19.9 Å². The van der Waals surface area contributed by atoms with E-state index in [1.165, 1.54) is 0 Å². The molecular weight excluding hydrogens is 222 g/mol. The van der Waals surface area contributed by atoms with Crippen LogP contribution < -0.4 is 5.43 Å². The number of pyridine rings is 1. The number of hydrogen-bond donors (Lipinski definition) is 1. The Kier molecular flexibility index (Phi) is 3.55. The van der Waals surface area contributed by atoms with E-state index in [0.717, 1.165) is 52.5 Å². The predicted octanol–water partition coefficient (Wildman–Crippen LogP) is 3.80. The molecule has 2 nitrogen and oxygen atoms in total. The van der Waals surface area contributed by atoms with Crippen molar-refractivity contribution in [3.8, 4) is 0 Å². The van der Waals surface area contributed by atoms with Crippen molar-refractivity contribution in [3.05, 3.63) is 44.7 Å². The molecule has 0 bridgehead atoms. The minimum absolute atomic E-state index is 0.210. The Bertz CT molecular complexity index is 638. The van der Waals surface area contributed by atoms with Crippen LogP contribution in [-0.2, 0) is 6.42 Å². The van der Waals surface area contributed by atoms with Gasteiger partial charge in [0.25, 0.3) is 0 Å². The second-order valence-corrected chi connectivity index (χ2v) is 5.17. The predicted molar refractivity (Wildman–Crippen MR) is 77.4 cm³/mol. The van der Waals surface area contributed by atoms with Crippen molar-refractivity contribution in [2.45, 2.75) is 47.0 Å². The maximum absolute atomic E-state index is 12.5. The number of aromatic nitrogens is 1. The molecule has 0 saturated carbocycles. The Morgan fingerprint density at radius 1 is 1.17 bits per heavy atom. The van der Waals surface area contributed by atoms with Gasteiger partial charge in [-0.05, 0) is 50.8 Å². The van der Waals surface area contributed by atoms with Crippen molar-refractivity contribution < 1.29 is 0 Å². The molecule has 0 unspecified atom stereocenters. The van der Waals surface area contributed by atoms with Crippen molar-refractivity contribution in [3.63, 3.8) is 0 Å². The molecule has 1 N–H and O–H groups in total. The van der Waals surface area contributed by atoms with E-state index in [-0.39, 0.29) is 5.43 Å². The van der Waals surface area contributed by atoms with E-state index in [9.17, 15) is 4.79 Å². The molecule has 0 aliphatic heterocycles. The van der Waals surface area contributed by atoms with Gasteiger partial charge in [0.05, 0.1) is 5.52 Å². The number of aryl methyl sites for hydroxylation is 3. The van der Waals surface area contributed by atoms with Crippen LogP contribution in [0.2, 0.25) is 0 Å². The summed E-state index contributed by atoms with van der Waals surface area (Å²) in [7, 11) is 0. The summed E-state index contributed by atoms with van der Waals surface area (Å²) in [6, 6.07) is 4.11. The Hall–Kier alpha value is -1.57. The van der Waals surface area contributed by atoms with Gasteiger partial charge in [-0.25, -0.2) is 0 Å². The lowest BCUT2D eigenvalue weighted by atomic mass is 10.0. The van der Waals surface area contributed by atoms with E-state index in [2.05, 4.69) is 24.9 Å². The second-order valence-electron chi connectivity index (χ2n) is 5.17. The van der Waals surface area contributed by atoms with E-state index >= 15 is 0 Å². The zero-order valence-corrected chi connectivity index (χ0v) is 11.7. The second kappa shape index (κ2) is 4.97. The summed E-state index contributed by atoms with van der Waals surface area (Å²) in [6.45, 7) is 8.25. The van der Waals surface area contributed by atoms with Crippen LogP contribution in [0.3, 0.4) is 0 Å². The van der Waals surface area contributed by atoms with Gasteiger partial charge in [0.15, 0.2) is 5.43 Å². The molecule has 0 spiro atoms. The molecule has 0 atom stereocenters. The lowest BCUT2D eigenvalue weighted by Crippen LogP contribution is -2.14. The normalized spacial score (nSPS) is 11.1. The summed E-state index contributed by atoms with van der Waals surface area (Å²) in [4.78, 5) is 15.9. The highest BCUT2D eigenvalue weighted by Gasteiger charge is 2.10. The van der Waals surface area contributed by atoms with Crippen LogP contribution in [0.25, 0.3) is 10.9 Å². The first kappa shape index (κ1) is 12.9. The van der Waals surface area contributed by atoms with Crippen LogP contribution in [0.15, 0.2) is 16.9 Å². The topological polar surface area (TPSA) is 32.9 Å². The zero-order chi connectivity index (χ0) is 13.3. The minimum Gasteiger partial charge on any atom is -0.358 e. The van der Waals surface area contributed by atoms with Crippen LogP contribution in [-0.4, -0.2) is 4.98 Å². The molecule has 0 amide bonds. The number of aromatic amines is 1.